The normalized spacial score (nSPS) is 13.2. The Hall–Kier alpha value is -1.12. The fraction of sp³-hybridized carbons (Fsp3) is 0.400. The summed E-state index contributed by atoms with van der Waals surface area (Å²) in [6.45, 7) is 4.24. The summed E-state index contributed by atoms with van der Waals surface area (Å²) in [6, 6.07) is 7.67. The number of aromatic nitrogens is 1. The maximum Gasteiger partial charge on any atom is 0.0719 e. The third-order valence-corrected chi connectivity index (χ3v) is 3.23. The third-order valence-electron chi connectivity index (χ3n) is 2.99. The quantitative estimate of drug-likeness (QED) is 0.909. The summed E-state index contributed by atoms with van der Waals surface area (Å²) in [5.74, 6) is 0.502. The molecule has 0 saturated heterocycles. The van der Waals surface area contributed by atoms with Gasteiger partial charge in [-0.25, -0.2) is 0 Å². The number of aliphatic hydroxyl groups is 1. The second-order valence-electron chi connectivity index (χ2n) is 5.12. The van der Waals surface area contributed by atoms with E-state index in [-0.39, 0.29) is 6.10 Å². The van der Waals surface area contributed by atoms with Crippen molar-refractivity contribution < 1.29 is 5.11 Å². The summed E-state index contributed by atoms with van der Waals surface area (Å²) >= 11 is 5.96. The predicted octanol–water partition coefficient (Wildman–Crippen LogP) is 3.84. The Kier molecular flexibility index (Phi) is 4.20. The summed E-state index contributed by atoms with van der Waals surface area (Å²) in [4.78, 5) is 4.30. The van der Waals surface area contributed by atoms with Crippen LogP contribution in [0.25, 0.3) is 10.9 Å². The topological polar surface area (TPSA) is 33.1 Å². The van der Waals surface area contributed by atoms with Crippen LogP contribution in [0, 0.1) is 5.92 Å². The van der Waals surface area contributed by atoms with Gasteiger partial charge in [-0.05, 0) is 42.5 Å². The van der Waals surface area contributed by atoms with E-state index in [0.717, 1.165) is 22.9 Å². The van der Waals surface area contributed by atoms with Gasteiger partial charge in [0.2, 0.25) is 0 Å². The molecule has 0 spiro atoms. The summed E-state index contributed by atoms with van der Waals surface area (Å²) in [5, 5.41) is 11.8. The molecule has 0 aliphatic rings. The number of hydrogen-bond acceptors (Lipinski definition) is 2. The van der Waals surface area contributed by atoms with Crippen molar-refractivity contribution in [2.24, 2.45) is 5.92 Å². The number of halogens is 1. The van der Waals surface area contributed by atoms with Crippen molar-refractivity contribution in [2.75, 3.05) is 0 Å². The van der Waals surface area contributed by atoms with Crippen molar-refractivity contribution in [2.45, 2.75) is 32.8 Å². The molecule has 1 aromatic heterocycles. The van der Waals surface area contributed by atoms with Crippen LogP contribution in [-0.4, -0.2) is 16.2 Å². The zero-order valence-electron chi connectivity index (χ0n) is 10.7. The van der Waals surface area contributed by atoms with Gasteiger partial charge in [0.05, 0.1) is 11.6 Å². The minimum atomic E-state index is -0.300. The van der Waals surface area contributed by atoms with Crippen LogP contribution < -0.4 is 0 Å². The lowest BCUT2D eigenvalue weighted by atomic mass is 9.98. The van der Waals surface area contributed by atoms with Gasteiger partial charge >= 0.3 is 0 Å². The third kappa shape index (κ3) is 3.21. The standard InChI is InChI=1S/C15H18ClNO/c1-10(2)7-13(18)8-11-5-6-17-15-9-12(16)3-4-14(11)15/h3-6,9-10,13,18H,7-8H2,1-2H3. The fourth-order valence-corrected chi connectivity index (χ4v) is 2.41. The van der Waals surface area contributed by atoms with E-state index in [1.165, 1.54) is 0 Å². The zero-order chi connectivity index (χ0) is 13.1. The molecule has 2 aromatic rings. The van der Waals surface area contributed by atoms with Crippen LogP contribution in [-0.2, 0) is 6.42 Å². The first-order chi connectivity index (χ1) is 8.56. The molecule has 2 rings (SSSR count). The van der Waals surface area contributed by atoms with Crippen LogP contribution in [0.5, 0.6) is 0 Å². The molecule has 0 saturated carbocycles. The molecule has 0 bridgehead atoms. The van der Waals surface area contributed by atoms with Crippen LogP contribution in [0.2, 0.25) is 5.02 Å². The molecule has 1 N–H and O–H groups in total. The predicted molar refractivity (Wildman–Crippen MR) is 75.9 cm³/mol. The van der Waals surface area contributed by atoms with Gasteiger partial charge in [-0.3, -0.25) is 4.98 Å². The lowest BCUT2D eigenvalue weighted by Gasteiger charge is -2.14. The van der Waals surface area contributed by atoms with Gasteiger partial charge in [-0.1, -0.05) is 31.5 Å². The van der Waals surface area contributed by atoms with E-state index < -0.39 is 0 Å². The lowest BCUT2D eigenvalue weighted by Crippen LogP contribution is -2.13. The monoisotopic (exact) mass is 263 g/mol. The van der Waals surface area contributed by atoms with E-state index >= 15 is 0 Å². The first-order valence-electron chi connectivity index (χ1n) is 6.27. The van der Waals surface area contributed by atoms with Crippen LogP contribution in [0.4, 0.5) is 0 Å². The Morgan fingerprint density at radius 1 is 1.28 bits per heavy atom. The van der Waals surface area contributed by atoms with E-state index in [4.69, 9.17) is 11.6 Å². The molecule has 96 valence electrons. The zero-order valence-corrected chi connectivity index (χ0v) is 11.5. The van der Waals surface area contributed by atoms with Crippen molar-refractivity contribution in [1.29, 1.82) is 0 Å². The number of aliphatic hydroxyl groups excluding tert-OH is 1. The molecule has 0 aliphatic heterocycles. The molecule has 0 fully saturated rings. The molecule has 1 heterocycles. The molecular weight excluding hydrogens is 246 g/mol. The minimum Gasteiger partial charge on any atom is -0.393 e. The SMILES string of the molecule is CC(C)CC(O)Cc1ccnc2cc(Cl)ccc12. The van der Waals surface area contributed by atoms with E-state index in [1.54, 1.807) is 6.20 Å². The molecule has 0 aliphatic carbocycles. The summed E-state index contributed by atoms with van der Waals surface area (Å²) < 4.78 is 0. The van der Waals surface area contributed by atoms with Gasteiger partial charge in [0.1, 0.15) is 0 Å². The molecule has 18 heavy (non-hydrogen) atoms. The van der Waals surface area contributed by atoms with Crippen LogP contribution in [0.15, 0.2) is 30.5 Å². The number of hydrogen-bond donors (Lipinski definition) is 1. The van der Waals surface area contributed by atoms with E-state index in [9.17, 15) is 5.11 Å². The van der Waals surface area contributed by atoms with Crippen molar-refractivity contribution >= 4 is 22.5 Å². The van der Waals surface area contributed by atoms with Gasteiger partial charge in [-0.2, -0.15) is 0 Å². The first kappa shape index (κ1) is 13.3. The highest BCUT2D eigenvalue weighted by molar-refractivity contribution is 6.31. The number of nitrogens with zero attached hydrogens (tertiary/aromatic N) is 1. The lowest BCUT2D eigenvalue weighted by molar-refractivity contribution is 0.149. The Labute approximate surface area is 113 Å². The summed E-state index contributed by atoms with van der Waals surface area (Å²) in [6.07, 6.45) is 2.96. The fourth-order valence-electron chi connectivity index (χ4n) is 2.24. The van der Waals surface area contributed by atoms with Crippen molar-refractivity contribution in [3.8, 4) is 0 Å². The van der Waals surface area contributed by atoms with Gasteiger partial charge in [-0.15, -0.1) is 0 Å². The van der Waals surface area contributed by atoms with Crippen molar-refractivity contribution in [3.05, 3.63) is 41.0 Å². The van der Waals surface area contributed by atoms with Crippen LogP contribution >= 0.6 is 11.6 Å². The van der Waals surface area contributed by atoms with Gasteiger partial charge < -0.3 is 5.11 Å². The van der Waals surface area contributed by atoms with E-state index in [2.05, 4.69) is 18.8 Å². The molecule has 0 radical (unpaired) electrons. The molecule has 1 unspecified atom stereocenters. The summed E-state index contributed by atoms with van der Waals surface area (Å²) in [5.41, 5.74) is 2.02. The van der Waals surface area contributed by atoms with Crippen LogP contribution in [0.1, 0.15) is 25.8 Å². The Morgan fingerprint density at radius 2 is 2.06 bits per heavy atom. The van der Waals surface area contributed by atoms with Crippen molar-refractivity contribution in [1.82, 2.24) is 4.98 Å². The second-order valence-corrected chi connectivity index (χ2v) is 5.56. The van der Waals surface area contributed by atoms with E-state index in [1.807, 2.05) is 24.3 Å². The highest BCUT2D eigenvalue weighted by Gasteiger charge is 2.10. The van der Waals surface area contributed by atoms with E-state index in [0.29, 0.717) is 17.4 Å². The smallest absolute Gasteiger partial charge is 0.0719 e. The highest BCUT2D eigenvalue weighted by Crippen LogP contribution is 2.22. The molecule has 0 amide bonds. The second kappa shape index (κ2) is 5.68. The highest BCUT2D eigenvalue weighted by atomic mass is 35.5. The average molecular weight is 264 g/mol. The number of fused-ring (bicyclic) bond motifs is 1. The Balaban J connectivity index is 2.28. The number of pyridine rings is 1. The Bertz CT molecular complexity index is 539. The summed E-state index contributed by atoms with van der Waals surface area (Å²) in [7, 11) is 0. The molecule has 2 nitrogen and oxygen atoms in total. The maximum absolute atomic E-state index is 10.0. The molecule has 1 atom stereocenters. The minimum absolute atomic E-state index is 0.300. The van der Waals surface area contributed by atoms with Gasteiger partial charge in [0, 0.05) is 16.6 Å². The molecule has 1 aromatic carbocycles. The maximum atomic E-state index is 10.0. The first-order valence-corrected chi connectivity index (χ1v) is 6.65. The number of rotatable bonds is 4. The average Bonchev–Trinajstić information content (AvgIpc) is 2.27. The molecular formula is C15H18ClNO. The molecule has 3 heteroatoms. The largest absolute Gasteiger partial charge is 0.393 e. The van der Waals surface area contributed by atoms with Crippen LogP contribution in [0.3, 0.4) is 0 Å². The van der Waals surface area contributed by atoms with Crippen molar-refractivity contribution in [3.63, 3.8) is 0 Å². The van der Waals surface area contributed by atoms with Gasteiger partial charge in [0.25, 0.3) is 0 Å². The van der Waals surface area contributed by atoms with Gasteiger partial charge in [0.15, 0.2) is 0 Å². The number of benzene rings is 1. The Morgan fingerprint density at radius 3 is 2.78 bits per heavy atom.